The first-order valence-corrected chi connectivity index (χ1v) is 34.1. The number of amides is 1. The van der Waals surface area contributed by atoms with E-state index >= 15 is 0 Å². The molecule has 0 spiro atoms. The second-order valence-corrected chi connectivity index (χ2v) is 23.5. The second kappa shape index (κ2) is 64.9. The van der Waals surface area contributed by atoms with E-state index in [9.17, 15) is 19.8 Å². The molecule has 2 unspecified atom stereocenters. The fraction of sp³-hybridized carbons (Fsp3) is 0.913. The third kappa shape index (κ3) is 61.4. The zero-order chi connectivity index (χ0) is 54.3. The number of aliphatic hydroxyl groups is 2. The number of rotatable bonds is 64. The molecule has 0 radical (unpaired) electrons. The number of ether oxygens (including phenoxy) is 1. The number of carbonyl (C=O) groups is 2. The lowest BCUT2D eigenvalue weighted by atomic mass is 10.0. The van der Waals surface area contributed by atoms with Gasteiger partial charge in [-0.1, -0.05) is 340 Å². The van der Waals surface area contributed by atoms with Crippen LogP contribution in [-0.2, 0) is 14.3 Å². The standard InChI is InChI=1S/C69H133NO5/c1-3-5-7-9-11-13-15-16-17-18-29-32-35-38-42-45-49-53-57-61-67(72)66(65-71)70-68(73)62-58-54-50-46-43-39-36-33-30-27-25-23-21-19-20-22-24-26-28-31-34-37-40-44-48-52-56-60-64-75-69(74)63-59-55-51-47-41-14-12-10-8-6-4-2/h10,12,57,61,66-67,71-72H,3-9,11,13-56,58-60,62-65H2,1-2H3,(H,70,73)/b12-10-,61-57+. The van der Waals surface area contributed by atoms with Gasteiger partial charge in [0.05, 0.1) is 25.4 Å². The highest BCUT2D eigenvalue weighted by atomic mass is 16.5. The molecular formula is C69H133NO5. The Morgan fingerprint density at radius 2 is 0.640 bits per heavy atom. The third-order valence-corrected chi connectivity index (χ3v) is 16.0. The third-order valence-electron chi connectivity index (χ3n) is 16.0. The van der Waals surface area contributed by atoms with Crippen LogP contribution in [0.3, 0.4) is 0 Å². The van der Waals surface area contributed by atoms with Gasteiger partial charge in [0.2, 0.25) is 5.91 Å². The summed E-state index contributed by atoms with van der Waals surface area (Å²) in [5.74, 6) is -0.0536. The van der Waals surface area contributed by atoms with Crippen molar-refractivity contribution in [2.75, 3.05) is 13.2 Å². The smallest absolute Gasteiger partial charge is 0.305 e. The van der Waals surface area contributed by atoms with Gasteiger partial charge in [-0.3, -0.25) is 9.59 Å². The molecule has 6 nitrogen and oxygen atoms in total. The average molecular weight is 1060 g/mol. The Morgan fingerprint density at radius 3 is 0.987 bits per heavy atom. The van der Waals surface area contributed by atoms with Crippen LogP contribution in [0.25, 0.3) is 0 Å². The molecule has 0 fully saturated rings. The number of hydrogen-bond acceptors (Lipinski definition) is 5. The van der Waals surface area contributed by atoms with E-state index in [1.807, 2.05) is 6.08 Å². The monoisotopic (exact) mass is 1060 g/mol. The minimum Gasteiger partial charge on any atom is -0.466 e. The van der Waals surface area contributed by atoms with Crippen LogP contribution in [0, 0.1) is 0 Å². The van der Waals surface area contributed by atoms with Gasteiger partial charge in [-0.15, -0.1) is 0 Å². The van der Waals surface area contributed by atoms with Crippen LogP contribution in [0.1, 0.15) is 380 Å². The van der Waals surface area contributed by atoms with Crippen molar-refractivity contribution in [2.24, 2.45) is 0 Å². The molecule has 0 saturated carbocycles. The van der Waals surface area contributed by atoms with Crippen molar-refractivity contribution in [3.63, 3.8) is 0 Å². The highest BCUT2D eigenvalue weighted by Crippen LogP contribution is 2.19. The fourth-order valence-electron chi connectivity index (χ4n) is 10.7. The summed E-state index contributed by atoms with van der Waals surface area (Å²) in [5, 5.41) is 23.2. The number of esters is 1. The van der Waals surface area contributed by atoms with Crippen molar-refractivity contribution < 1.29 is 24.5 Å². The van der Waals surface area contributed by atoms with Gasteiger partial charge in [-0.05, 0) is 51.4 Å². The Morgan fingerprint density at radius 1 is 0.360 bits per heavy atom. The van der Waals surface area contributed by atoms with Crippen LogP contribution in [0.4, 0.5) is 0 Å². The molecule has 0 aliphatic carbocycles. The van der Waals surface area contributed by atoms with Crippen molar-refractivity contribution >= 4 is 11.9 Å². The van der Waals surface area contributed by atoms with Crippen LogP contribution in [0.5, 0.6) is 0 Å². The van der Waals surface area contributed by atoms with Gasteiger partial charge >= 0.3 is 5.97 Å². The molecule has 0 aromatic carbocycles. The molecule has 0 aliphatic heterocycles. The first-order chi connectivity index (χ1) is 37.0. The number of allylic oxidation sites excluding steroid dienone is 3. The Bertz CT molecular complexity index is 1170. The average Bonchev–Trinajstić information content (AvgIpc) is 3.41. The summed E-state index contributed by atoms with van der Waals surface area (Å²) in [7, 11) is 0. The first kappa shape index (κ1) is 73.3. The summed E-state index contributed by atoms with van der Waals surface area (Å²) >= 11 is 0. The molecule has 2 atom stereocenters. The van der Waals surface area contributed by atoms with Gasteiger partial charge in [0.1, 0.15) is 0 Å². The number of carbonyl (C=O) groups excluding carboxylic acids is 2. The normalized spacial score (nSPS) is 12.6. The maximum absolute atomic E-state index is 12.5. The van der Waals surface area contributed by atoms with Gasteiger partial charge in [-0.25, -0.2) is 0 Å². The van der Waals surface area contributed by atoms with E-state index in [-0.39, 0.29) is 18.5 Å². The minimum absolute atomic E-state index is 0.00776. The lowest BCUT2D eigenvalue weighted by Gasteiger charge is -2.20. The van der Waals surface area contributed by atoms with Crippen LogP contribution in [0.15, 0.2) is 24.3 Å². The highest BCUT2D eigenvalue weighted by Gasteiger charge is 2.18. The Balaban J connectivity index is 3.37. The van der Waals surface area contributed by atoms with E-state index in [1.165, 1.54) is 308 Å². The quantitative estimate of drug-likeness (QED) is 0.0320. The maximum Gasteiger partial charge on any atom is 0.305 e. The predicted molar refractivity (Wildman–Crippen MR) is 329 cm³/mol. The lowest BCUT2D eigenvalue weighted by Crippen LogP contribution is -2.45. The van der Waals surface area contributed by atoms with E-state index < -0.39 is 12.1 Å². The largest absolute Gasteiger partial charge is 0.466 e. The molecule has 444 valence electrons. The Kier molecular flexibility index (Phi) is 63.4. The van der Waals surface area contributed by atoms with Gasteiger partial charge < -0.3 is 20.3 Å². The van der Waals surface area contributed by atoms with E-state index in [1.54, 1.807) is 6.08 Å². The van der Waals surface area contributed by atoms with Crippen LogP contribution >= 0.6 is 0 Å². The lowest BCUT2D eigenvalue weighted by molar-refractivity contribution is -0.143. The summed E-state index contributed by atoms with van der Waals surface area (Å²) in [6, 6.07) is -0.626. The molecule has 0 heterocycles. The molecule has 0 rings (SSSR count). The summed E-state index contributed by atoms with van der Waals surface area (Å²) in [6.07, 6.45) is 81.1. The molecule has 0 saturated heterocycles. The van der Waals surface area contributed by atoms with Crippen molar-refractivity contribution in [2.45, 2.75) is 392 Å². The second-order valence-electron chi connectivity index (χ2n) is 23.5. The Hall–Kier alpha value is -1.66. The topological polar surface area (TPSA) is 95.9 Å². The van der Waals surface area contributed by atoms with Crippen LogP contribution < -0.4 is 5.32 Å². The SMILES string of the molecule is CCCC/C=C\CCCCCCCC(=O)OCCCCCCCCCCCCCCCCCCCCCCCCCCCCCCC(=O)NC(CO)C(O)/C=C/CCCCCCCCCCCCCCCCCCC. The molecular weight excluding hydrogens is 923 g/mol. The molecule has 0 bridgehead atoms. The summed E-state index contributed by atoms with van der Waals surface area (Å²) < 4.78 is 5.47. The summed E-state index contributed by atoms with van der Waals surface area (Å²) in [6.45, 7) is 4.90. The number of hydrogen-bond donors (Lipinski definition) is 3. The zero-order valence-corrected chi connectivity index (χ0v) is 50.8. The fourth-order valence-corrected chi connectivity index (χ4v) is 10.7. The molecule has 0 aliphatic rings. The Labute approximate surface area is 469 Å². The molecule has 75 heavy (non-hydrogen) atoms. The highest BCUT2D eigenvalue weighted by molar-refractivity contribution is 5.76. The molecule has 0 aromatic rings. The minimum atomic E-state index is -0.842. The number of nitrogens with one attached hydrogen (secondary N) is 1. The first-order valence-electron chi connectivity index (χ1n) is 34.1. The van der Waals surface area contributed by atoms with E-state index in [0.717, 1.165) is 44.9 Å². The van der Waals surface area contributed by atoms with Gasteiger partial charge in [0.25, 0.3) is 0 Å². The number of aliphatic hydroxyl groups excluding tert-OH is 2. The summed E-state index contributed by atoms with van der Waals surface area (Å²) in [4.78, 5) is 24.5. The van der Waals surface area contributed by atoms with Crippen molar-refractivity contribution in [3.8, 4) is 0 Å². The van der Waals surface area contributed by atoms with Crippen molar-refractivity contribution in [1.29, 1.82) is 0 Å². The molecule has 0 aromatic heterocycles. The molecule has 6 heteroatoms. The van der Waals surface area contributed by atoms with Crippen molar-refractivity contribution in [1.82, 2.24) is 5.32 Å². The maximum atomic E-state index is 12.5. The molecule has 3 N–H and O–H groups in total. The van der Waals surface area contributed by atoms with Gasteiger partial charge in [0, 0.05) is 12.8 Å². The van der Waals surface area contributed by atoms with Gasteiger partial charge in [0.15, 0.2) is 0 Å². The van der Waals surface area contributed by atoms with E-state index in [2.05, 4.69) is 31.3 Å². The van der Waals surface area contributed by atoms with E-state index in [4.69, 9.17) is 4.74 Å². The van der Waals surface area contributed by atoms with Crippen molar-refractivity contribution in [3.05, 3.63) is 24.3 Å². The van der Waals surface area contributed by atoms with Crippen LogP contribution in [-0.4, -0.2) is 47.4 Å². The number of unbranched alkanes of at least 4 members (excludes halogenated alkanes) is 51. The van der Waals surface area contributed by atoms with Crippen LogP contribution in [0.2, 0.25) is 0 Å². The summed E-state index contributed by atoms with van der Waals surface area (Å²) in [5.41, 5.74) is 0. The predicted octanol–water partition coefficient (Wildman–Crippen LogP) is 21.8. The molecule has 1 amide bonds. The zero-order valence-electron chi connectivity index (χ0n) is 50.8. The van der Waals surface area contributed by atoms with E-state index in [0.29, 0.717) is 19.4 Å². The van der Waals surface area contributed by atoms with Gasteiger partial charge in [-0.2, -0.15) is 0 Å².